The molecular formula is C15H22O2. The van der Waals surface area contributed by atoms with Crippen LogP contribution in [-0.2, 0) is 9.53 Å². The van der Waals surface area contributed by atoms with Crippen LogP contribution in [0, 0.1) is 23.2 Å². The average molecular weight is 234 g/mol. The molecule has 0 spiro atoms. The topological polar surface area (TPSA) is 26.3 Å². The third-order valence-electron chi connectivity index (χ3n) is 5.50. The van der Waals surface area contributed by atoms with Crippen LogP contribution in [0.4, 0.5) is 0 Å². The number of hydrogen-bond acceptors (Lipinski definition) is 2. The first-order chi connectivity index (χ1) is 8.03. The summed E-state index contributed by atoms with van der Waals surface area (Å²) in [5.41, 5.74) is 1.66. The quantitative estimate of drug-likeness (QED) is 0.475. The minimum Gasteiger partial charge on any atom is -0.461 e. The lowest BCUT2D eigenvalue weighted by molar-refractivity contribution is -0.148. The van der Waals surface area contributed by atoms with Crippen molar-refractivity contribution in [2.75, 3.05) is 0 Å². The third kappa shape index (κ3) is 1.49. The second-order valence-corrected chi connectivity index (χ2v) is 6.54. The maximum Gasteiger partial charge on any atom is 0.309 e. The number of hydrogen-bond donors (Lipinski definition) is 0. The SMILES string of the molecule is C=C1CCC[C@]2(C)CC[C@@H]3[C@@H](OC(=O)[C@H]3C)[C@H]12. The molecule has 0 aromatic rings. The monoisotopic (exact) mass is 234 g/mol. The molecule has 0 unspecified atom stereocenters. The maximum absolute atomic E-state index is 11.8. The Morgan fingerprint density at radius 1 is 1.41 bits per heavy atom. The van der Waals surface area contributed by atoms with Crippen molar-refractivity contribution in [3.8, 4) is 0 Å². The summed E-state index contributed by atoms with van der Waals surface area (Å²) in [5.74, 6) is 0.973. The highest BCUT2D eigenvalue weighted by Gasteiger charge is 2.55. The van der Waals surface area contributed by atoms with Gasteiger partial charge in [0.2, 0.25) is 0 Å². The fourth-order valence-electron chi connectivity index (χ4n) is 4.45. The zero-order valence-electron chi connectivity index (χ0n) is 10.9. The summed E-state index contributed by atoms with van der Waals surface area (Å²) in [6, 6.07) is 0. The molecule has 0 N–H and O–H groups in total. The first-order valence-electron chi connectivity index (χ1n) is 6.91. The van der Waals surface area contributed by atoms with Gasteiger partial charge >= 0.3 is 5.97 Å². The van der Waals surface area contributed by atoms with Crippen molar-refractivity contribution in [3.63, 3.8) is 0 Å². The van der Waals surface area contributed by atoms with E-state index >= 15 is 0 Å². The lowest BCUT2D eigenvalue weighted by Gasteiger charge is -2.50. The van der Waals surface area contributed by atoms with E-state index < -0.39 is 0 Å². The first-order valence-corrected chi connectivity index (χ1v) is 6.91. The van der Waals surface area contributed by atoms with Crippen LogP contribution >= 0.6 is 0 Å². The van der Waals surface area contributed by atoms with E-state index in [1.807, 2.05) is 6.92 Å². The Labute approximate surface area is 103 Å². The predicted molar refractivity (Wildman–Crippen MR) is 66.4 cm³/mol. The predicted octanol–water partition coefficient (Wildman–Crippen LogP) is 3.32. The summed E-state index contributed by atoms with van der Waals surface area (Å²) in [4.78, 5) is 11.8. The van der Waals surface area contributed by atoms with E-state index in [2.05, 4.69) is 13.5 Å². The van der Waals surface area contributed by atoms with Gasteiger partial charge < -0.3 is 4.74 Å². The molecule has 94 valence electrons. The minimum absolute atomic E-state index is 0.0163. The highest BCUT2D eigenvalue weighted by molar-refractivity contribution is 5.75. The van der Waals surface area contributed by atoms with Crippen molar-refractivity contribution < 1.29 is 9.53 Å². The van der Waals surface area contributed by atoms with Gasteiger partial charge in [0.05, 0.1) is 5.92 Å². The van der Waals surface area contributed by atoms with Gasteiger partial charge in [-0.15, -0.1) is 0 Å². The molecule has 0 bridgehead atoms. The Morgan fingerprint density at radius 3 is 2.94 bits per heavy atom. The summed E-state index contributed by atoms with van der Waals surface area (Å²) < 4.78 is 5.68. The average Bonchev–Trinajstić information content (AvgIpc) is 2.54. The Hall–Kier alpha value is -0.790. The molecule has 3 fully saturated rings. The second-order valence-electron chi connectivity index (χ2n) is 6.54. The summed E-state index contributed by atoms with van der Waals surface area (Å²) in [5, 5.41) is 0. The van der Waals surface area contributed by atoms with E-state index in [4.69, 9.17) is 4.74 Å². The van der Waals surface area contributed by atoms with Gasteiger partial charge in [-0.25, -0.2) is 0 Å². The molecular weight excluding hydrogens is 212 g/mol. The number of carbonyl (C=O) groups excluding carboxylic acids is 1. The molecule has 1 heterocycles. The Kier molecular flexibility index (Phi) is 2.39. The van der Waals surface area contributed by atoms with Crippen molar-refractivity contribution in [1.29, 1.82) is 0 Å². The van der Waals surface area contributed by atoms with Gasteiger partial charge in [-0.3, -0.25) is 4.79 Å². The fourth-order valence-corrected chi connectivity index (χ4v) is 4.45. The standard InChI is InChI=1S/C15H22O2/c1-9-5-4-7-15(3)8-6-11-10(2)14(16)17-13(11)12(9)15/h10-13H,1,4-8H2,2-3H3/t10-,11-,12-,13+,15+/m0/s1. The molecule has 2 heteroatoms. The maximum atomic E-state index is 11.8. The smallest absolute Gasteiger partial charge is 0.309 e. The number of ether oxygens (including phenoxy) is 1. The molecule has 2 nitrogen and oxygen atoms in total. The summed E-state index contributed by atoms with van der Waals surface area (Å²) >= 11 is 0. The first kappa shape index (κ1) is 11.3. The Balaban J connectivity index is 1.95. The van der Waals surface area contributed by atoms with Crippen LogP contribution in [0.15, 0.2) is 12.2 Å². The van der Waals surface area contributed by atoms with Gasteiger partial charge in [0.15, 0.2) is 0 Å². The van der Waals surface area contributed by atoms with E-state index in [9.17, 15) is 4.79 Å². The fraction of sp³-hybridized carbons (Fsp3) is 0.800. The highest BCUT2D eigenvalue weighted by atomic mass is 16.6. The normalized spacial score (nSPS) is 49.5. The molecule has 3 aliphatic rings. The lowest BCUT2D eigenvalue weighted by Crippen LogP contribution is -2.47. The van der Waals surface area contributed by atoms with Gasteiger partial charge in [0, 0.05) is 11.8 Å². The van der Waals surface area contributed by atoms with E-state index in [0.29, 0.717) is 17.3 Å². The van der Waals surface area contributed by atoms with Crippen LogP contribution in [0.1, 0.15) is 46.0 Å². The minimum atomic E-state index is 0.0163. The molecule has 2 saturated carbocycles. The van der Waals surface area contributed by atoms with Crippen molar-refractivity contribution in [1.82, 2.24) is 0 Å². The molecule has 5 atom stereocenters. The van der Waals surface area contributed by atoms with Crippen molar-refractivity contribution in [2.24, 2.45) is 23.2 Å². The second kappa shape index (κ2) is 3.60. The summed E-state index contributed by atoms with van der Waals surface area (Å²) in [6.45, 7) is 8.66. The van der Waals surface area contributed by atoms with E-state index in [1.54, 1.807) is 0 Å². The van der Waals surface area contributed by atoms with Crippen LogP contribution in [-0.4, -0.2) is 12.1 Å². The molecule has 2 aliphatic carbocycles. The van der Waals surface area contributed by atoms with Crippen molar-refractivity contribution in [3.05, 3.63) is 12.2 Å². The lowest BCUT2D eigenvalue weighted by atomic mass is 9.55. The van der Waals surface area contributed by atoms with E-state index in [-0.39, 0.29) is 18.0 Å². The molecule has 1 aliphatic heterocycles. The van der Waals surface area contributed by atoms with Gasteiger partial charge in [-0.2, -0.15) is 0 Å². The largest absolute Gasteiger partial charge is 0.461 e. The number of rotatable bonds is 0. The van der Waals surface area contributed by atoms with E-state index in [0.717, 1.165) is 12.8 Å². The number of fused-ring (bicyclic) bond motifs is 3. The van der Waals surface area contributed by atoms with Crippen LogP contribution in [0.25, 0.3) is 0 Å². The van der Waals surface area contributed by atoms with Crippen LogP contribution < -0.4 is 0 Å². The highest BCUT2D eigenvalue weighted by Crippen LogP contribution is 2.57. The molecule has 0 aromatic carbocycles. The van der Waals surface area contributed by atoms with Crippen molar-refractivity contribution >= 4 is 5.97 Å². The molecule has 0 amide bonds. The zero-order chi connectivity index (χ0) is 12.2. The number of esters is 1. The summed E-state index contributed by atoms with van der Waals surface area (Å²) in [7, 11) is 0. The zero-order valence-corrected chi connectivity index (χ0v) is 10.9. The van der Waals surface area contributed by atoms with Crippen molar-refractivity contribution in [2.45, 2.75) is 52.1 Å². The van der Waals surface area contributed by atoms with E-state index in [1.165, 1.54) is 24.8 Å². The van der Waals surface area contributed by atoms with Crippen LogP contribution in [0.5, 0.6) is 0 Å². The van der Waals surface area contributed by atoms with Gasteiger partial charge in [-0.05, 0) is 37.5 Å². The molecule has 3 rings (SSSR count). The van der Waals surface area contributed by atoms with Crippen LogP contribution in [0.3, 0.4) is 0 Å². The van der Waals surface area contributed by atoms with Crippen LogP contribution in [0.2, 0.25) is 0 Å². The molecule has 17 heavy (non-hydrogen) atoms. The molecule has 0 radical (unpaired) electrons. The third-order valence-corrected chi connectivity index (χ3v) is 5.50. The van der Waals surface area contributed by atoms with Gasteiger partial charge in [0.25, 0.3) is 0 Å². The van der Waals surface area contributed by atoms with Gasteiger partial charge in [-0.1, -0.05) is 26.0 Å². The molecule has 0 aromatic heterocycles. The number of carbonyl (C=O) groups is 1. The van der Waals surface area contributed by atoms with Gasteiger partial charge in [0.1, 0.15) is 6.10 Å². The summed E-state index contributed by atoms with van der Waals surface area (Å²) in [6.07, 6.45) is 6.16. The molecule has 1 saturated heterocycles. The Bertz CT molecular complexity index is 373. The Morgan fingerprint density at radius 2 is 2.18 bits per heavy atom.